The summed E-state index contributed by atoms with van der Waals surface area (Å²) in [5, 5.41) is 15.9. The molecule has 0 heterocycles. The Bertz CT molecular complexity index is 281. The third-order valence-corrected chi connectivity index (χ3v) is 1.35. The van der Waals surface area contributed by atoms with Crippen molar-refractivity contribution in [2.75, 3.05) is 33.8 Å². The minimum atomic E-state index is -1.18. The van der Waals surface area contributed by atoms with Gasteiger partial charge in [0.2, 0.25) is 0 Å². The van der Waals surface area contributed by atoms with Crippen LogP contribution in [0.25, 0.3) is 0 Å². The topological polar surface area (TPSA) is 156 Å². The summed E-state index contributed by atoms with van der Waals surface area (Å²) in [5.41, 5.74) is 9.68. The number of carboxylic acids is 1. The molecule has 0 radical (unpaired) electrons. The number of nitrogens with zero attached hydrogens (tertiary/aromatic N) is 1. The summed E-state index contributed by atoms with van der Waals surface area (Å²) < 4.78 is 4.27. The molecule has 0 unspecified atom stereocenters. The normalized spacial score (nSPS) is 11.2. The number of likely N-dealkylation sites (N-methyl/N-ethyl adjacent to an activating group) is 1. The van der Waals surface area contributed by atoms with Gasteiger partial charge in [0.1, 0.15) is 6.04 Å². The third-order valence-electron chi connectivity index (χ3n) is 1.35. The summed E-state index contributed by atoms with van der Waals surface area (Å²) in [6, 6.07) is -1.13. The lowest BCUT2D eigenvalue weighted by Gasteiger charge is -2.06. The second-order valence-corrected chi connectivity index (χ2v) is 3.42. The standard InChI is InChI=1S/C6H12N2O3.C3H7NO3/c1-8(2)4-6(10)11-5(9)3-7;4-2(1-5)3(6)7/h3-4,7H2,1-2H3;2,5H,1,4H2,(H,6,7)/t;2-/m.0/s1. The van der Waals surface area contributed by atoms with E-state index < -0.39 is 30.6 Å². The van der Waals surface area contributed by atoms with E-state index in [9.17, 15) is 14.4 Å². The van der Waals surface area contributed by atoms with Gasteiger partial charge in [-0.3, -0.25) is 19.3 Å². The van der Waals surface area contributed by atoms with Crippen molar-refractivity contribution in [3.63, 3.8) is 0 Å². The number of aliphatic hydroxyl groups is 1. The van der Waals surface area contributed by atoms with E-state index in [-0.39, 0.29) is 13.1 Å². The number of hydrogen-bond acceptors (Lipinski definition) is 8. The number of carboxylic acid groups (broad SMARTS) is 1. The lowest BCUT2D eigenvalue weighted by atomic mass is 10.3. The van der Waals surface area contributed by atoms with Crippen LogP contribution in [0.3, 0.4) is 0 Å². The van der Waals surface area contributed by atoms with Crippen molar-refractivity contribution in [1.29, 1.82) is 0 Å². The predicted octanol–water partition coefficient (Wildman–Crippen LogP) is -3.03. The van der Waals surface area contributed by atoms with Crippen molar-refractivity contribution in [3.8, 4) is 0 Å². The first-order chi connectivity index (χ1) is 8.24. The summed E-state index contributed by atoms with van der Waals surface area (Å²) >= 11 is 0. The maximum Gasteiger partial charge on any atom is 0.327 e. The highest BCUT2D eigenvalue weighted by Crippen LogP contribution is 1.81. The Balaban J connectivity index is 0. The largest absolute Gasteiger partial charge is 0.480 e. The Morgan fingerprint density at radius 2 is 1.78 bits per heavy atom. The van der Waals surface area contributed by atoms with E-state index in [4.69, 9.17) is 21.7 Å². The summed E-state index contributed by atoms with van der Waals surface area (Å²) in [6.45, 7) is -0.680. The van der Waals surface area contributed by atoms with E-state index in [1.165, 1.54) is 0 Å². The van der Waals surface area contributed by atoms with Gasteiger partial charge in [-0.25, -0.2) is 0 Å². The van der Waals surface area contributed by atoms with Gasteiger partial charge in [-0.1, -0.05) is 0 Å². The molecular weight excluding hydrogens is 246 g/mol. The van der Waals surface area contributed by atoms with Gasteiger partial charge in [-0.2, -0.15) is 0 Å². The highest BCUT2D eigenvalue weighted by atomic mass is 16.6. The van der Waals surface area contributed by atoms with Crippen LogP contribution in [0.15, 0.2) is 0 Å². The zero-order valence-corrected chi connectivity index (χ0v) is 10.3. The minimum absolute atomic E-state index is 0.0890. The lowest BCUT2D eigenvalue weighted by molar-refractivity contribution is -0.159. The number of aliphatic carboxylic acids is 1. The van der Waals surface area contributed by atoms with Crippen LogP contribution in [0, 0.1) is 0 Å². The smallest absolute Gasteiger partial charge is 0.327 e. The molecule has 0 saturated carbocycles. The summed E-state index contributed by atoms with van der Waals surface area (Å²) in [5.74, 6) is -2.45. The van der Waals surface area contributed by atoms with Gasteiger partial charge in [-0.15, -0.1) is 0 Å². The Morgan fingerprint density at radius 1 is 1.28 bits per heavy atom. The number of esters is 2. The highest BCUT2D eigenvalue weighted by Gasteiger charge is 2.08. The molecule has 6 N–H and O–H groups in total. The van der Waals surface area contributed by atoms with Crippen molar-refractivity contribution in [2.24, 2.45) is 11.5 Å². The fourth-order valence-electron chi connectivity index (χ4n) is 0.537. The van der Waals surface area contributed by atoms with Crippen molar-refractivity contribution < 1.29 is 29.3 Å². The SMILES string of the molecule is CN(C)CC(=O)OC(=O)CN.N[C@@H](CO)C(=O)O. The molecule has 0 fully saturated rings. The second kappa shape index (κ2) is 10.6. The van der Waals surface area contributed by atoms with Gasteiger partial charge in [0.05, 0.1) is 19.7 Å². The van der Waals surface area contributed by atoms with Gasteiger partial charge in [0.15, 0.2) is 0 Å². The molecule has 0 amide bonds. The fourth-order valence-corrected chi connectivity index (χ4v) is 0.537. The van der Waals surface area contributed by atoms with Crippen LogP contribution in [0.5, 0.6) is 0 Å². The molecule has 0 aliphatic heterocycles. The molecule has 0 aromatic rings. The second-order valence-electron chi connectivity index (χ2n) is 3.42. The van der Waals surface area contributed by atoms with Crippen molar-refractivity contribution in [1.82, 2.24) is 4.90 Å². The number of hydrogen-bond donors (Lipinski definition) is 4. The van der Waals surface area contributed by atoms with Crippen LogP contribution in [-0.4, -0.2) is 72.9 Å². The van der Waals surface area contributed by atoms with E-state index in [1.54, 1.807) is 19.0 Å². The quantitative estimate of drug-likeness (QED) is 0.300. The summed E-state index contributed by atoms with van der Waals surface area (Å²) in [7, 11) is 3.41. The first-order valence-corrected chi connectivity index (χ1v) is 4.92. The van der Waals surface area contributed by atoms with Gasteiger partial charge < -0.3 is 26.4 Å². The maximum absolute atomic E-state index is 10.7. The van der Waals surface area contributed by atoms with E-state index >= 15 is 0 Å². The molecule has 0 aromatic carbocycles. The molecule has 9 heteroatoms. The molecule has 0 saturated heterocycles. The lowest BCUT2D eigenvalue weighted by Crippen LogP contribution is -2.33. The average Bonchev–Trinajstić information content (AvgIpc) is 2.27. The Labute approximate surface area is 104 Å². The molecule has 9 nitrogen and oxygen atoms in total. The van der Waals surface area contributed by atoms with Crippen LogP contribution >= 0.6 is 0 Å². The molecule has 18 heavy (non-hydrogen) atoms. The van der Waals surface area contributed by atoms with E-state index in [2.05, 4.69) is 4.74 Å². The predicted molar refractivity (Wildman–Crippen MR) is 61.4 cm³/mol. The van der Waals surface area contributed by atoms with Crippen LogP contribution in [0.1, 0.15) is 0 Å². The number of nitrogens with two attached hydrogens (primary N) is 2. The summed E-state index contributed by atoms with van der Waals surface area (Å²) in [4.78, 5) is 32.3. The van der Waals surface area contributed by atoms with E-state index in [1.807, 2.05) is 0 Å². The fraction of sp³-hybridized carbons (Fsp3) is 0.667. The first-order valence-electron chi connectivity index (χ1n) is 4.92. The van der Waals surface area contributed by atoms with Crippen molar-refractivity contribution >= 4 is 17.9 Å². The molecule has 0 aliphatic rings. The zero-order valence-electron chi connectivity index (χ0n) is 10.3. The van der Waals surface area contributed by atoms with Crippen LogP contribution < -0.4 is 11.5 Å². The molecular formula is C9H19N3O6. The molecule has 0 aromatic heterocycles. The molecule has 0 aliphatic carbocycles. The monoisotopic (exact) mass is 265 g/mol. The van der Waals surface area contributed by atoms with Gasteiger partial charge in [0.25, 0.3) is 0 Å². The Hall–Kier alpha value is -1.55. The van der Waals surface area contributed by atoms with Gasteiger partial charge in [-0.05, 0) is 14.1 Å². The molecule has 0 spiro atoms. The van der Waals surface area contributed by atoms with Crippen molar-refractivity contribution in [3.05, 3.63) is 0 Å². The average molecular weight is 265 g/mol. The highest BCUT2D eigenvalue weighted by molar-refractivity contribution is 5.87. The molecule has 1 atom stereocenters. The first kappa shape index (κ1) is 18.8. The number of rotatable bonds is 5. The van der Waals surface area contributed by atoms with Crippen LogP contribution in [-0.2, 0) is 19.1 Å². The number of carbonyl (C=O) groups excluding carboxylic acids is 2. The maximum atomic E-state index is 10.7. The Kier molecular flexibility index (Phi) is 11.1. The number of aliphatic hydroxyl groups excluding tert-OH is 1. The van der Waals surface area contributed by atoms with Crippen molar-refractivity contribution in [2.45, 2.75) is 6.04 Å². The molecule has 0 bridgehead atoms. The van der Waals surface area contributed by atoms with E-state index in [0.717, 1.165) is 0 Å². The molecule has 106 valence electrons. The third kappa shape index (κ3) is 12.5. The minimum Gasteiger partial charge on any atom is -0.480 e. The van der Waals surface area contributed by atoms with E-state index in [0.29, 0.717) is 0 Å². The Morgan fingerprint density at radius 3 is 2.00 bits per heavy atom. The van der Waals surface area contributed by atoms with Gasteiger partial charge in [0, 0.05) is 0 Å². The van der Waals surface area contributed by atoms with Gasteiger partial charge >= 0.3 is 17.9 Å². The number of ether oxygens (including phenoxy) is 1. The van der Waals surface area contributed by atoms with Crippen LogP contribution in [0.4, 0.5) is 0 Å². The summed E-state index contributed by atoms with van der Waals surface area (Å²) in [6.07, 6.45) is 0. The molecule has 0 rings (SSSR count). The zero-order chi connectivity index (χ0) is 14.7. The van der Waals surface area contributed by atoms with Crippen LogP contribution in [0.2, 0.25) is 0 Å². The number of carbonyl (C=O) groups is 3.